The van der Waals surface area contributed by atoms with Gasteiger partial charge in [-0.2, -0.15) is 0 Å². The number of ether oxygens (including phenoxy) is 1. The van der Waals surface area contributed by atoms with Crippen molar-refractivity contribution in [2.75, 3.05) is 13.2 Å². The summed E-state index contributed by atoms with van der Waals surface area (Å²) in [6.07, 6.45) is 7.81. The molecule has 1 fully saturated rings. The number of hydrogen-bond donors (Lipinski definition) is 1. The molecule has 0 saturated heterocycles. The van der Waals surface area contributed by atoms with E-state index in [1.165, 1.54) is 32.1 Å². The Morgan fingerprint density at radius 2 is 2.07 bits per heavy atom. The summed E-state index contributed by atoms with van der Waals surface area (Å²) in [6, 6.07) is 0. The van der Waals surface area contributed by atoms with Crippen LogP contribution in [0.1, 0.15) is 45.4 Å². The van der Waals surface area contributed by atoms with Crippen molar-refractivity contribution in [3.05, 3.63) is 0 Å². The van der Waals surface area contributed by atoms with Crippen LogP contribution >= 0.6 is 0 Å². The zero-order valence-electron chi connectivity index (χ0n) is 9.17. The number of nitrogens with two attached hydrogens (primary N) is 1. The summed E-state index contributed by atoms with van der Waals surface area (Å²) in [6.45, 7) is 3.46. The minimum absolute atomic E-state index is 0.488. The van der Waals surface area contributed by atoms with Crippen molar-refractivity contribution in [3.8, 4) is 0 Å². The first kappa shape index (κ1) is 11.5. The van der Waals surface area contributed by atoms with E-state index in [1.807, 2.05) is 6.92 Å². The average Bonchev–Trinajstić information content (AvgIpc) is 2.25. The molecule has 0 aromatic heterocycles. The third-order valence-corrected chi connectivity index (χ3v) is 2.67. The Labute approximate surface area is 86.7 Å². The molecule has 1 rings (SSSR count). The van der Waals surface area contributed by atoms with E-state index in [4.69, 9.17) is 10.5 Å². The van der Waals surface area contributed by atoms with Crippen LogP contribution in [0.5, 0.6) is 0 Å². The van der Waals surface area contributed by atoms with Crippen molar-refractivity contribution in [2.45, 2.75) is 51.6 Å². The topological polar surface area (TPSA) is 47.6 Å². The van der Waals surface area contributed by atoms with E-state index in [9.17, 15) is 0 Å². The SMILES string of the molecule is CCC(N)=NCCOC1CCCCC1. The summed E-state index contributed by atoms with van der Waals surface area (Å²) in [5.74, 6) is 0.734. The number of amidine groups is 1. The summed E-state index contributed by atoms with van der Waals surface area (Å²) in [5.41, 5.74) is 5.59. The van der Waals surface area contributed by atoms with Crippen LogP contribution in [0.3, 0.4) is 0 Å². The van der Waals surface area contributed by atoms with Gasteiger partial charge < -0.3 is 10.5 Å². The van der Waals surface area contributed by atoms with Crippen molar-refractivity contribution in [2.24, 2.45) is 10.7 Å². The maximum Gasteiger partial charge on any atom is 0.0935 e. The third-order valence-electron chi connectivity index (χ3n) is 2.67. The molecule has 3 nitrogen and oxygen atoms in total. The smallest absolute Gasteiger partial charge is 0.0935 e. The molecule has 0 aromatic rings. The average molecular weight is 198 g/mol. The van der Waals surface area contributed by atoms with Crippen LogP contribution in [0.25, 0.3) is 0 Å². The third kappa shape index (κ3) is 4.61. The largest absolute Gasteiger partial charge is 0.387 e. The lowest BCUT2D eigenvalue weighted by Gasteiger charge is -2.21. The van der Waals surface area contributed by atoms with Gasteiger partial charge in [0.25, 0.3) is 0 Å². The van der Waals surface area contributed by atoms with Gasteiger partial charge in [0, 0.05) is 6.42 Å². The molecule has 0 aliphatic heterocycles. The van der Waals surface area contributed by atoms with Gasteiger partial charge >= 0.3 is 0 Å². The Kier molecular flexibility index (Phi) is 5.60. The molecule has 3 heteroatoms. The summed E-state index contributed by atoms with van der Waals surface area (Å²) in [4.78, 5) is 4.20. The van der Waals surface area contributed by atoms with Gasteiger partial charge in [-0.05, 0) is 12.8 Å². The zero-order chi connectivity index (χ0) is 10.2. The second-order valence-corrected chi connectivity index (χ2v) is 3.86. The van der Waals surface area contributed by atoms with Crippen LogP contribution in [-0.4, -0.2) is 25.1 Å². The molecule has 1 aliphatic carbocycles. The van der Waals surface area contributed by atoms with Gasteiger partial charge in [0.1, 0.15) is 0 Å². The van der Waals surface area contributed by atoms with E-state index in [0.29, 0.717) is 6.10 Å². The predicted octanol–water partition coefficient (Wildman–Crippen LogP) is 2.10. The number of aliphatic imine (C=N–C) groups is 1. The lowest BCUT2D eigenvalue weighted by molar-refractivity contribution is 0.0335. The normalized spacial score (nSPS) is 19.9. The first-order valence-electron chi connectivity index (χ1n) is 5.73. The van der Waals surface area contributed by atoms with E-state index in [0.717, 1.165) is 25.4 Å². The van der Waals surface area contributed by atoms with Gasteiger partial charge in [0.15, 0.2) is 0 Å². The van der Waals surface area contributed by atoms with E-state index in [1.54, 1.807) is 0 Å². The summed E-state index contributed by atoms with van der Waals surface area (Å²) >= 11 is 0. The maximum atomic E-state index is 5.72. The van der Waals surface area contributed by atoms with Gasteiger partial charge in [0.2, 0.25) is 0 Å². The number of rotatable bonds is 5. The molecule has 2 N–H and O–H groups in total. The van der Waals surface area contributed by atoms with E-state index in [-0.39, 0.29) is 0 Å². The molecule has 0 atom stereocenters. The van der Waals surface area contributed by atoms with Crippen molar-refractivity contribution in [1.82, 2.24) is 0 Å². The predicted molar refractivity (Wildman–Crippen MR) is 59.6 cm³/mol. The molecule has 14 heavy (non-hydrogen) atoms. The fraction of sp³-hybridized carbons (Fsp3) is 0.909. The number of nitrogens with zero attached hydrogens (tertiary/aromatic N) is 1. The van der Waals surface area contributed by atoms with Crippen LogP contribution < -0.4 is 5.73 Å². The van der Waals surface area contributed by atoms with E-state index >= 15 is 0 Å². The van der Waals surface area contributed by atoms with Crippen LogP contribution in [0.4, 0.5) is 0 Å². The van der Waals surface area contributed by atoms with Gasteiger partial charge in [-0.3, -0.25) is 4.99 Å². The standard InChI is InChI=1S/C11H22N2O/c1-2-11(12)13-8-9-14-10-6-4-3-5-7-10/h10H,2-9H2,1H3,(H2,12,13). The summed E-state index contributed by atoms with van der Waals surface area (Å²) < 4.78 is 5.72. The first-order valence-corrected chi connectivity index (χ1v) is 5.73. The van der Waals surface area contributed by atoms with Gasteiger partial charge in [-0.1, -0.05) is 26.2 Å². The summed E-state index contributed by atoms with van der Waals surface area (Å²) in [7, 11) is 0. The lowest BCUT2D eigenvalue weighted by atomic mass is 9.98. The van der Waals surface area contributed by atoms with Crippen LogP contribution in [-0.2, 0) is 4.74 Å². The molecule has 0 bridgehead atoms. The van der Waals surface area contributed by atoms with E-state index in [2.05, 4.69) is 4.99 Å². The second kappa shape index (κ2) is 6.82. The van der Waals surface area contributed by atoms with Gasteiger partial charge in [-0.15, -0.1) is 0 Å². The lowest BCUT2D eigenvalue weighted by Crippen LogP contribution is -2.19. The van der Waals surface area contributed by atoms with E-state index < -0.39 is 0 Å². The monoisotopic (exact) mass is 198 g/mol. The minimum atomic E-state index is 0.488. The van der Waals surface area contributed by atoms with Crippen LogP contribution in [0, 0.1) is 0 Å². The van der Waals surface area contributed by atoms with Crippen molar-refractivity contribution >= 4 is 5.84 Å². The molecular weight excluding hydrogens is 176 g/mol. The molecule has 0 unspecified atom stereocenters. The molecule has 1 saturated carbocycles. The Hall–Kier alpha value is -0.570. The Bertz CT molecular complexity index is 174. The Morgan fingerprint density at radius 1 is 1.36 bits per heavy atom. The highest BCUT2D eigenvalue weighted by Crippen LogP contribution is 2.19. The molecular formula is C11H22N2O. The highest BCUT2D eigenvalue weighted by molar-refractivity contribution is 5.79. The minimum Gasteiger partial charge on any atom is -0.387 e. The summed E-state index contributed by atoms with van der Waals surface area (Å²) in [5, 5.41) is 0. The fourth-order valence-corrected chi connectivity index (χ4v) is 1.75. The second-order valence-electron chi connectivity index (χ2n) is 3.86. The number of hydrogen-bond acceptors (Lipinski definition) is 2. The van der Waals surface area contributed by atoms with Gasteiger partial charge in [-0.25, -0.2) is 0 Å². The first-order chi connectivity index (χ1) is 6.83. The van der Waals surface area contributed by atoms with Crippen molar-refractivity contribution < 1.29 is 4.74 Å². The van der Waals surface area contributed by atoms with Crippen LogP contribution in [0.15, 0.2) is 4.99 Å². The molecule has 1 aliphatic rings. The Balaban J connectivity index is 2.02. The van der Waals surface area contributed by atoms with Gasteiger partial charge in [0.05, 0.1) is 25.1 Å². The quantitative estimate of drug-likeness (QED) is 0.418. The molecule has 0 radical (unpaired) electrons. The molecule has 0 heterocycles. The maximum absolute atomic E-state index is 5.72. The van der Waals surface area contributed by atoms with Crippen molar-refractivity contribution in [3.63, 3.8) is 0 Å². The highest BCUT2D eigenvalue weighted by Gasteiger charge is 2.12. The molecule has 0 aromatic carbocycles. The van der Waals surface area contributed by atoms with Crippen LogP contribution in [0.2, 0.25) is 0 Å². The molecule has 82 valence electrons. The molecule has 0 spiro atoms. The highest BCUT2D eigenvalue weighted by atomic mass is 16.5. The fourth-order valence-electron chi connectivity index (χ4n) is 1.75. The molecule has 0 amide bonds. The Morgan fingerprint density at radius 3 is 2.71 bits per heavy atom. The van der Waals surface area contributed by atoms with Crippen molar-refractivity contribution in [1.29, 1.82) is 0 Å². The zero-order valence-corrected chi connectivity index (χ0v) is 9.17.